The van der Waals surface area contributed by atoms with Gasteiger partial charge in [0, 0.05) is 12.6 Å². The molecule has 4 rings (SSSR count). The molecule has 0 unspecified atom stereocenters. The van der Waals surface area contributed by atoms with E-state index < -0.39 is 5.41 Å². The molecule has 0 spiro atoms. The van der Waals surface area contributed by atoms with Crippen LogP contribution >= 0.6 is 0 Å². The van der Waals surface area contributed by atoms with Gasteiger partial charge in [0.15, 0.2) is 5.82 Å². The van der Waals surface area contributed by atoms with Gasteiger partial charge < -0.3 is 15.5 Å². The van der Waals surface area contributed by atoms with Crippen molar-refractivity contribution < 1.29 is 4.79 Å². The number of hydrogen-bond donors (Lipinski definition) is 2. The van der Waals surface area contributed by atoms with E-state index in [1.165, 1.54) is 0 Å². The highest BCUT2D eigenvalue weighted by Crippen LogP contribution is 2.40. The summed E-state index contributed by atoms with van der Waals surface area (Å²) < 4.78 is 2.08. The molecule has 0 radical (unpaired) electrons. The second-order valence-corrected chi connectivity index (χ2v) is 8.00. The first kappa shape index (κ1) is 17.5. The Morgan fingerprint density at radius 3 is 2.74 bits per heavy atom. The number of pyridine rings is 1. The predicted molar refractivity (Wildman–Crippen MR) is 105 cm³/mol. The van der Waals surface area contributed by atoms with Crippen molar-refractivity contribution in [1.29, 1.82) is 0 Å². The van der Waals surface area contributed by atoms with Crippen LogP contribution in [0.4, 0.5) is 11.6 Å². The Balaban J connectivity index is 1.86. The molecule has 140 valence electrons. The average Bonchev–Trinajstić information content (AvgIpc) is 3.08. The Bertz CT molecular complexity index is 1050. The minimum Gasteiger partial charge on any atom is -0.383 e. The number of nitrogens with one attached hydrogen (secondary N) is 1. The summed E-state index contributed by atoms with van der Waals surface area (Å²) in [5, 5.41) is 2.83. The van der Waals surface area contributed by atoms with Crippen LogP contribution in [-0.4, -0.2) is 25.3 Å². The van der Waals surface area contributed by atoms with E-state index in [4.69, 9.17) is 10.7 Å². The van der Waals surface area contributed by atoms with E-state index >= 15 is 0 Å². The first-order valence-corrected chi connectivity index (χ1v) is 9.25. The SMILES string of the molecule is CC(C)CCc1nc(-c2nc(N)c3c(n2)NC(=O)C3(C)C)c2ccccn12. The first-order valence-electron chi connectivity index (χ1n) is 9.25. The lowest BCUT2D eigenvalue weighted by Crippen LogP contribution is -2.27. The van der Waals surface area contributed by atoms with Crippen molar-refractivity contribution in [2.24, 2.45) is 5.92 Å². The summed E-state index contributed by atoms with van der Waals surface area (Å²) in [6.07, 6.45) is 3.92. The molecular formula is C20H24N6O. The maximum absolute atomic E-state index is 12.3. The monoisotopic (exact) mass is 364 g/mol. The van der Waals surface area contributed by atoms with Gasteiger partial charge in [-0.05, 0) is 38.3 Å². The summed E-state index contributed by atoms with van der Waals surface area (Å²) in [7, 11) is 0. The van der Waals surface area contributed by atoms with E-state index in [0.717, 1.165) is 24.2 Å². The lowest BCUT2D eigenvalue weighted by molar-refractivity contribution is -0.119. The first-order chi connectivity index (χ1) is 12.8. The molecule has 0 saturated carbocycles. The Kier molecular flexibility index (Phi) is 3.91. The summed E-state index contributed by atoms with van der Waals surface area (Å²) in [4.78, 5) is 26.2. The molecule has 0 aromatic carbocycles. The van der Waals surface area contributed by atoms with Crippen molar-refractivity contribution in [3.63, 3.8) is 0 Å². The number of rotatable bonds is 4. The fourth-order valence-electron chi connectivity index (χ4n) is 3.53. The molecule has 0 fully saturated rings. The number of anilines is 2. The standard InChI is InChI=1S/C20H24N6O/c1-11(2)8-9-13-22-15(12-7-5-6-10-26(12)13)18-23-16(21)14-17(24-18)25-19(27)20(14,3)4/h5-7,10-11H,8-9H2,1-4H3,(H3,21,23,24,25,27). The van der Waals surface area contributed by atoms with Crippen molar-refractivity contribution in [2.75, 3.05) is 11.1 Å². The summed E-state index contributed by atoms with van der Waals surface area (Å²) in [5.41, 5.74) is 7.75. The zero-order valence-electron chi connectivity index (χ0n) is 16.1. The number of nitrogens with two attached hydrogens (primary N) is 1. The molecule has 1 amide bonds. The number of carbonyl (C=O) groups is 1. The van der Waals surface area contributed by atoms with Gasteiger partial charge in [-0.2, -0.15) is 0 Å². The molecule has 0 saturated heterocycles. The largest absolute Gasteiger partial charge is 0.383 e. The summed E-state index contributed by atoms with van der Waals surface area (Å²) >= 11 is 0. The van der Waals surface area contributed by atoms with Crippen LogP contribution in [0, 0.1) is 5.92 Å². The number of fused-ring (bicyclic) bond motifs is 2. The number of imidazole rings is 1. The number of nitrogens with zero attached hydrogens (tertiary/aromatic N) is 4. The zero-order chi connectivity index (χ0) is 19.3. The van der Waals surface area contributed by atoms with E-state index in [0.29, 0.717) is 34.6 Å². The summed E-state index contributed by atoms with van der Waals surface area (Å²) in [6.45, 7) is 8.05. The van der Waals surface area contributed by atoms with Crippen LogP contribution in [0.25, 0.3) is 17.0 Å². The Labute approximate surface area is 158 Å². The van der Waals surface area contributed by atoms with Gasteiger partial charge in [0.25, 0.3) is 0 Å². The third kappa shape index (κ3) is 2.74. The van der Waals surface area contributed by atoms with Crippen LogP contribution in [0.3, 0.4) is 0 Å². The molecule has 7 heteroatoms. The number of aromatic nitrogens is 4. The maximum atomic E-state index is 12.3. The molecule has 0 aliphatic carbocycles. The van der Waals surface area contributed by atoms with Crippen molar-refractivity contribution >= 4 is 23.1 Å². The number of carbonyl (C=O) groups excluding carboxylic acids is 1. The van der Waals surface area contributed by atoms with Crippen LogP contribution in [0.15, 0.2) is 24.4 Å². The Morgan fingerprint density at radius 2 is 2.00 bits per heavy atom. The van der Waals surface area contributed by atoms with Gasteiger partial charge in [0.2, 0.25) is 5.91 Å². The molecule has 0 atom stereocenters. The lowest BCUT2D eigenvalue weighted by Gasteiger charge is -2.15. The van der Waals surface area contributed by atoms with Crippen molar-refractivity contribution in [1.82, 2.24) is 19.4 Å². The topological polar surface area (TPSA) is 98.2 Å². The number of nitrogen functional groups attached to an aromatic ring is 1. The number of hydrogen-bond acceptors (Lipinski definition) is 5. The molecule has 3 N–H and O–H groups in total. The molecule has 1 aliphatic heterocycles. The van der Waals surface area contributed by atoms with E-state index in [2.05, 4.69) is 33.5 Å². The second kappa shape index (κ2) is 6.04. The van der Waals surface area contributed by atoms with Gasteiger partial charge in [-0.25, -0.2) is 15.0 Å². The van der Waals surface area contributed by atoms with E-state index in [1.807, 2.05) is 38.2 Å². The molecule has 1 aliphatic rings. The van der Waals surface area contributed by atoms with Gasteiger partial charge in [0.05, 0.1) is 16.5 Å². The molecule has 7 nitrogen and oxygen atoms in total. The summed E-state index contributed by atoms with van der Waals surface area (Å²) in [6, 6.07) is 5.95. The smallest absolute Gasteiger partial charge is 0.235 e. The third-order valence-electron chi connectivity index (χ3n) is 5.14. The third-order valence-corrected chi connectivity index (χ3v) is 5.14. The molecule has 3 aromatic heterocycles. The Morgan fingerprint density at radius 1 is 1.22 bits per heavy atom. The van der Waals surface area contributed by atoms with E-state index in [1.54, 1.807) is 0 Å². The molecule has 4 heterocycles. The Hall–Kier alpha value is -2.96. The highest BCUT2D eigenvalue weighted by atomic mass is 16.2. The predicted octanol–water partition coefficient (Wildman–Crippen LogP) is 3.19. The van der Waals surface area contributed by atoms with Crippen molar-refractivity contribution in [2.45, 2.75) is 46.0 Å². The van der Waals surface area contributed by atoms with Crippen LogP contribution in [0.5, 0.6) is 0 Å². The van der Waals surface area contributed by atoms with E-state index in [9.17, 15) is 4.79 Å². The highest BCUT2D eigenvalue weighted by Gasteiger charge is 2.42. The van der Waals surface area contributed by atoms with Crippen LogP contribution < -0.4 is 11.1 Å². The number of amides is 1. The molecular weight excluding hydrogens is 340 g/mol. The van der Waals surface area contributed by atoms with E-state index in [-0.39, 0.29) is 5.91 Å². The van der Waals surface area contributed by atoms with Gasteiger partial charge in [0.1, 0.15) is 23.2 Å². The zero-order valence-corrected chi connectivity index (χ0v) is 16.1. The molecule has 0 bridgehead atoms. The quantitative estimate of drug-likeness (QED) is 0.741. The lowest BCUT2D eigenvalue weighted by atomic mass is 9.87. The number of aryl methyl sites for hydroxylation is 1. The van der Waals surface area contributed by atoms with Crippen molar-refractivity contribution in [3.05, 3.63) is 35.8 Å². The van der Waals surface area contributed by atoms with Gasteiger partial charge >= 0.3 is 0 Å². The minimum atomic E-state index is -0.739. The van der Waals surface area contributed by atoms with Crippen LogP contribution in [0.2, 0.25) is 0 Å². The average molecular weight is 364 g/mol. The van der Waals surface area contributed by atoms with Gasteiger partial charge in [-0.15, -0.1) is 0 Å². The minimum absolute atomic E-state index is 0.122. The summed E-state index contributed by atoms with van der Waals surface area (Å²) in [5.74, 6) is 2.68. The maximum Gasteiger partial charge on any atom is 0.235 e. The fourth-order valence-corrected chi connectivity index (χ4v) is 3.53. The van der Waals surface area contributed by atoms with Crippen molar-refractivity contribution in [3.8, 4) is 11.5 Å². The molecule has 27 heavy (non-hydrogen) atoms. The van der Waals surface area contributed by atoms with Crippen LogP contribution in [0.1, 0.15) is 45.5 Å². The highest BCUT2D eigenvalue weighted by molar-refractivity contribution is 6.06. The fraction of sp³-hybridized carbons (Fsp3) is 0.400. The van der Waals surface area contributed by atoms with Gasteiger partial charge in [-0.1, -0.05) is 19.9 Å². The van der Waals surface area contributed by atoms with Crippen LogP contribution in [-0.2, 0) is 16.6 Å². The molecule has 3 aromatic rings. The van der Waals surface area contributed by atoms with Gasteiger partial charge in [-0.3, -0.25) is 4.79 Å². The normalized spacial score (nSPS) is 15.4. The second-order valence-electron chi connectivity index (χ2n) is 8.00.